The average molecular weight is 434 g/mol. The third kappa shape index (κ3) is 3.54. The van der Waals surface area contributed by atoms with Crippen molar-refractivity contribution in [1.82, 2.24) is 0 Å². The van der Waals surface area contributed by atoms with Gasteiger partial charge in [0.1, 0.15) is 5.82 Å². The lowest BCUT2D eigenvalue weighted by atomic mass is 10.2. The highest BCUT2D eigenvalue weighted by Crippen LogP contribution is 2.20. The van der Waals surface area contributed by atoms with Gasteiger partial charge in [0.05, 0.1) is 5.56 Å². The van der Waals surface area contributed by atoms with E-state index in [2.05, 4.69) is 43.8 Å². The van der Waals surface area contributed by atoms with Gasteiger partial charge in [-0.15, -0.1) is 0 Å². The molecule has 98 valence electrons. The Kier molecular flexibility index (Phi) is 4.57. The maximum atomic E-state index is 13.4. The van der Waals surface area contributed by atoms with Gasteiger partial charge >= 0.3 is 0 Å². The second-order valence-corrected chi connectivity index (χ2v) is 6.12. The quantitative estimate of drug-likeness (QED) is 0.680. The van der Waals surface area contributed by atoms with Gasteiger partial charge in [0.15, 0.2) is 0 Å². The molecule has 0 aliphatic rings. The van der Waals surface area contributed by atoms with Crippen molar-refractivity contribution in [3.8, 4) is 0 Å². The predicted octanol–water partition coefficient (Wildman–Crippen LogP) is 4.75. The summed E-state index contributed by atoms with van der Waals surface area (Å²) in [5.74, 6) is -0.587. The maximum absolute atomic E-state index is 13.4. The minimum atomic E-state index is -0.332. The van der Waals surface area contributed by atoms with Crippen LogP contribution in [0.25, 0.3) is 0 Å². The summed E-state index contributed by atoms with van der Waals surface area (Å²) in [6, 6.07) is 10.1. The van der Waals surface area contributed by atoms with E-state index in [1.165, 1.54) is 6.07 Å². The number of rotatable bonds is 2. The van der Waals surface area contributed by atoms with Crippen LogP contribution >= 0.6 is 38.5 Å². The smallest absolute Gasteiger partial charge is 0.256 e. The van der Waals surface area contributed by atoms with Gasteiger partial charge in [0.25, 0.3) is 5.91 Å². The molecule has 5 heteroatoms. The molecule has 0 heterocycles. The molecule has 19 heavy (non-hydrogen) atoms. The number of amides is 1. The molecule has 0 spiro atoms. The zero-order valence-electron chi connectivity index (χ0n) is 10.0. The van der Waals surface area contributed by atoms with Crippen LogP contribution in [-0.4, -0.2) is 5.91 Å². The van der Waals surface area contributed by atoms with Crippen molar-refractivity contribution in [3.63, 3.8) is 0 Å². The van der Waals surface area contributed by atoms with E-state index < -0.39 is 0 Å². The fourth-order valence-corrected chi connectivity index (χ4v) is 2.48. The molecule has 0 unspecified atom stereocenters. The van der Waals surface area contributed by atoms with Gasteiger partial charge in [-0.25, -0.2) is 4.39 Å². The standard InChI is InChI=1S/C14H10BrFINO/c1-8-2-4-10(7-12(8)16)18-14(19)11-6-9(15)3-5-13(11)17/h2-7H,1H3,(H,18,19). The van der Waals surface area contributed by atoms with E-state index in [-0.39, 0.29) is 11.7 Å². The number of benzene rings is 2. The minimum absolute atomic E-state index is 0.256. The average Bonchev–Trinajstić information content (AvgIpc) is 2.36. The van der Waals surface area contributed by atoms with Crippen LogP contribution in [0.5, 0.6) is 0 Å². The van der Waals surface area contributed by atoms with Gasteiger partial charge in [0, 0.05) is 13.7 Å². The molecule has 2 aromatic rings. The normalized spacial score (nSPS) is 10.3. The minimum Gasteiger partial charge on any atom is -0.322 e. The summed E-state index contributed by atoms with van der Waals surface area (Å²) in [6.45, 7) is 1.68. The number of hydrogen-bond acceptors (Lipinski definition) is 1. The molecule has 0 aromatic heterocycles. The summed E-state index contributed by atoms with van der Waals surface area (Å²) in [5.41, 5.74) is 1.55. The van der Waals surface area contributed by atoms with Crippen molar-refractivity contribution >= 4 is 50.1 Å². The molecule has 0 aliphatic carbocycles. The van der Waals surface area contributed by atoms with Gasteiger partial charge in [-0.05, 0) is 65.4 Å². The van der Waals surface area contributed by atoms with E-state index in [0.29, 0.717) is 16.8 Å². The topological polar surface area (TPSA) is 29.1 Å². The molecule has 0 aliphatic heterocycles. The molecule has 0 saturated heterocycles. The molecular formula is C14H10BrFINO. The number of aryl methyl sites for hydroxylation is 1. The second kappa shape index (κ2) is 6.00. The van der Waals surface area contributed by atoms with Crippen LogP contribution in [0.15, 0.2) is 40.9 Å². The first kappa shape index (κ1) is 14.5. The van der Waals surface area contributed by atoms with Crippen molar-refractivity contribution in [1.29, 1.82) is 0 Å². The first-order chi connectivity index (χ1) is 8.97. The van der Waals surface area contributed by atoms with Crippen LogP contribution in [0.4, 0.5) is 10.1 Å². The van der Waals surface area contributed by atoms with E-state index in [0.717, 1.165) is 8.04 Å². The van der Waals surface area contributed by atoms with Crippen LogP contribution in [0.3, 0.4) is 0 Å². The van der Waals surface area contributed by atoms with E-state index in [9.17, 15) is 9.18 Å². The second-order valence-electron chi connectivity index (χ2n) is 4.04. The Labute approximate surface area is 132 Å². The third-order valence-electron chi connectivity index (χ3n) is 2.60. The Morgan fingerprint density at radius 1 is 1.26 bits per heavy atom. The van der Waals surface area contributed by atoms with Gasteiger partial charge in [-0.1, -0.05) is 22.0 Å². The van der Waals surface area contributed by atoms with Crippen molar-refractivity contribution in [2.24, 2.45) is 0 Å². The zero-order valence-corrected chi connectivity index (χ0v) is 13.7. The summed E-state index contributed by atoms with van der Waals surface area (Å²) in [4.78, 5) is 12.1. The number of carbonyl (C=O) groups is 1. The maximum Gasteiger partial charge on any atom is 0.256 e. The molecule has 0 saturated carbocycles. The SMILES string of the molecule is Cc1ccc(NC(=O)c2cc(Br)ccc2I)cc1F. The van der Waals surface area contributed by atoms with Gasteiger partial charge < -0.3 is 5.32 Å². The van der Waals surface area contributed by atoms with Crippen molar-refractivity contribution in [2.75, 3.05) is 5.32 Å². The Balaban J connectivity index is 2.25. The molecule has 0 bridgehead atoms. The van der Waals surface area contributed by atoms with Crippen LogP contribution < -0.4 is 5.32 Å². The zero-order chi connectivity index (χ0) is 14.0. The molecule has 1 amide bonds. The van der Waals surface area contributed by atoms with Crippen molar-refractivity contribution in [3.05, 3.63) is 61.4 Å². The Bertz CT molecular complexity index is 645. The summed E-state index contributed by atoms with van der Waals surface area (Å²) in [5, 5.41) is 2.69. The summed E-state index contributed by atoms with van der Waals surface area (Å²) < 4.78 is 15.1. The first-order valence-electron chi connectivity index (χ1n) is 5.50. The lowest BCUT2D eigenvalue weighted by Gasteiger charge is -2.08. The summed E-state index contributed by atoms with van der Waals surface area (Å²) in [7, 11) is 0. The number of hydrogen-bond donors (Lipinski definition) is 1. The van der Waals surface area contributed by atoms with Crippen LogP contribution in [-0.2, 0) is 0 Å². The van der Waals surface area contributed by atoms with Crippen LogP contribution in [0.2, 0.25) is 0 Å². The number of carbonyl (C=O) groups excluding carboxylic acids is 1. The lowest BCUT2D eigenvalue weighted by Crippen LogP contribution is -2.13. The summed E-state index contributed by atoms with van der Waals surface area (Å²) in [6.07, 6.45) is 0. The Hall–Kier alpha value is -0.950. The van der Waals surface area contributed by atoms with E-state index in [1.807, 2.05) is 12.1 Å². The molecule has 0 fully saturated rings. The van der Waals surface area contributed by atoms with Gasteiger partial charge in [0.2, 0.25) is 0 Å². The molecule has 0 atom stereocenters. The molecule has 1 N–H and O–H groups in total. The highest BCUT2D eigenvalue weighted by atomic mass is 127. The number of halogens is 3. The molecule has 2 nitrogen and oxygen atoms in total. The number of nitrogens with one attached hydrogen (secondary N) is 1. The van der Waals surface area contributed by atoms with E-state index in [4.69, 9.17) is 0 Å². The van der Waals surface area contributed by atoms with Gasteiger partial charge in [-0.3, -0.25) is 4.79 Å². The van der Waals surface area contributed by atoms with Crippen molar-refractivity contribution < 1.29 is 9.18 Å². The fraction of sp³-hybridized carbons (Fsp3) is 0.0714. The highest BCUT2D eigenvalue weighted by Gasteiger charge is 2.11. The molecule has 2 aromatic carbocycles. The first-order valence-corrected chi connectivity index (χ1v) is 7.37. The molecule has 2 rings (SSSR count). The predicted molar refractivity (Wildman–Crippen MR) is 85.9 cm³/mol. The third-order valence-corrected chi connectivity index (χ3v) is 4.04. The summed E-state index contributed by atoms with van der Waals surface area (Å²) >= 11 is 5.42. The molecule has 0 radical (unpaired) electrons. The Morgan fingerprint density at radius 2 is 2.00 bits per heavy atom. The number of anilines is 1. The monoisotopic (exact) mass is 433 g/mol. The van der Waals surface area contributed by atoms with E-state index in [1.54, 1.807) is 25.1 Å². The Morgan fingerprint density at radius 3 is 2.68 bits per heavy atom. The van der Waals surface area contributed by atoms with Crippen LogP contribution in [0.1, 0.15) is 15.9 Å². The molecular weight excluding hydrogens is 424 g/mol. The highest BCUT2D eigenvalue weighted by molar-refractivity contribution is 14.1. The van der Waals surface area contributed by atoms with E-state index >= 15 is 0 Å². The lowest BCUT2D eigenvalue weighted by molar-refractivity contribution is 0.102. The van der Waals surface area contributed by atoms with Crippen molar-refractivity contribution in [2.45, 2.75) is 6.92 Å². The van der Waals surface area contributed by atoms with Gasteiger partial charge in [-0.2, -0.15) is 0 Å². The van der Waals surface area contributed by atoms with Crippen LogP contribution in [0, 0.1) is 16.3 Å². The fourth-order valence-electron chi connectivity index (χ4n) is 1.54. The largest absolute Gasteiger partial charge is 0.322 e.